The molecule has 0 aliphatic heterocycles. The monoisotopic (exact) mass is 399 g/mol. The fourth-order valence-corrected chi connectivity index (χ4v) is 4.07. The van der Waals surface area contributed by atoms with Crippen molar-refractivity contribution in [1.29, 1.82) is 0 Å². The smallest absolute Gasteiger partial charge is 0.322 e. The topological polar surface area (TPSA) is 149 Å². The summed E-state index contributed by atoms with van der Waals surface area (Å²) >= 11 is 0. The molecule has 2 aromatic rings. The second kappa shape index (κ2) is 9.75. The quantitative estimate of drug-likeness (QED) is 0.248. The van der Waals surface area contributed by atoms with Gasteiger partial charge in [0.2, 0.25) is 5.95 Å². The van der Waals surface area contributed by atoms with Gasteiger partial charge in [-0.2, -0.15) is 4.98 Å². The van der Waals surface area contributed by atoms with Crippen molar-refractivity contribution in [3.05, 3.63) is 16.7 Å². The second-order valence-electron chi connectivity index (χ2n) is 6.18. The van der Waals surface area contributed by atoms with Crippen molar-refractivity contribution in [2.24, 2.45) is 0 Å². The van der Waals surface area contributed by atoms with Crippen LogP contribution in [0.25, 0.3) is 11.2 Å². The average molecular weight is 399 g/mol. The second-order valence-corrected chi connectivity index (χ2v) is 7.82. The molecule has 0 radical (unpaired) electrons. The third kappa shape index (κ3) is 5.96. The van der Waals surface area contributed by atoms with Crippen molar-refractivity contribution in [3.63, 3.8) is 0 Å². The fraction of sp³-hybridized carbons (Fsp3) is 0.600. The predicted octanol–water partition coefficient (Wildman–Crippen LogP) is 0.137. The van der Waals surface area contributed by atoms with Gasteiger partial charge in [-0.25, -0.2) is 4.98 Å². The molecule has 2 rings (SSSR count). The van der Waals surface area contributed by atoms with E-state index < -0.39 is 14.3 Å². The maximum Gasteiger partial charge on any atom is 0.322 e. The Labute approximate surface area is 157 Å². The van der Waals surface area contributed by atoms with Crippen molar-refractivity contribution in [1.82, 2.24) is 29.7 Å². The fourth-order valence-electron chi connectivity index (χ4n) is 2.34. The number of methoxy groups -OCH3 is 1. The van der Waals surface area contributed by atoms with Gasteiger partial charge in [0.25, 0.3) is 5.56 Å². The van der Waals surface area contributed by atoms with E-state index >= 15 is 0 Å². The van der Waals surface area contributed by atoms with Crippen LogP contribution in [0.15, 0.2) is 11.1 Å². The molecule has 11 nitrogen and oxygen atoms in total. The number of nitrogens with zero attached hydrogens (tertiary/aromatic N) is 3. The summed E-state index contributed by atoms with van der Waals surface area (Å²) in [7, 11) is 0.427. The maximum atomic E-state index is 11.8. The van der Waals surface area contributed by atoms with Gasteiger partial charge in [0.05, 0.1) is 34.6 Å². The highest BCUT2D eigenvalue weighted by Crippen LogP contribution is 2.27. The van der Waals surface area contributed by atoms with Crippen LogP contribution in [0.1, 0.15) is 20.8 Å². The van der Waals surface area contributed by atoms with Crippen molar-refractivity contribution in [2.45, 2.75) is 39.4 Å². The first-order valence-electron chi connectivity index (χ1n) is 8.48. The number of imidazole rings is 1. The number of nitrogens with one attached hydrogen (secondary N) is 3. The van der Waals surface area contributed by atoms with Gasteiger partial charge < -0.3 is 19.8 Å². The van der Waals surface area contributed by atoms with E-state index in [-0.39, 0.29) is 29.0 Å². The molecule has 0 saturated carbocycles. The first-order valence-corrected chi connectivity index (χ1v) is 10.0. The minimum atomic E-state index is -0.930. The lowest BCUT2D eigenvalue weighted by atomic mass is 10.4. The number of esters is 1. The number of anilines is 1. The molecule has 0 spiro atoms. The number of carbonyl (C=O) groups is 1. The standard InChI is InChI=1S/C15H26N7O4P/c1-9(2)20-27(21-10(3)14(24)25-4)8-26-6-5-22-7-17-11-12(22)18-15(16)19-13(11)23/h7,9-10,20-21H,5-6,8H2,1-4H3,(H3,16,18,19,23)/t10-,27?/m0/s1. The molecule has 1 unspecified atom stereocenters. The number of hydrogen-bond acceptors (Lipinski definition) is 9. The number of rotatable bonds is 10. The Hall–Kier alpha value is -2.07. The Morgan fingerprint density at radius 2 is 2.15 bits per heavy atom. The minimum Gasteiger partial charge on any atom is -0.468 e. The van der Waals surface area contributed by atoms with E-state index in [4.69, 9.17) is 15.2 Å². The molecule has 0 fully saturated rings. The van der Waals surface area contributed by atoms with Gasteiger partial charge in [0.1, 0.15) is 6.04 Å². The molecule has 0 aromatic carbocycles. The summed E-state index contributed by atoms with van der Waals surface area (Å²) < 4.78 is 12.2. The van der Waals surface area contributed by atoms with E-state index in [0.717, 1.165) is 0 Å². The molecule has 27 heavy (non-hydrogen) atoms. The first kappa shape index (κ1) is 21.2. The molecule has 0 amide bonds. The van der Waals surface area contributed by atoms with Gasteiger partial charge in [0.15, 0.2) is 11.2 Å². The molecule has 5 N–H and O–H groups in total. The molecule has 12 heteroatoms. The Morgan fingerprint density at radius 3 is 2.81 bits per heavy atom. The van der Waals surface area contributed by atoms with E-state index in [0.29, 0.717) is 25.1 Å². The number of ether oxygens (including phenoxy) is 2. The van der Waals surface area contributed by atoms with Crippen molar-refractivity contribution < 1.29 is 14.3 Å². The molecule has 0 aliphatic rings. The van der Waals surface area contributed by atoms with Crippen LogP contribution < -0.4 is 21.5 Å². The number of H-pyrrole nitrogens is 1. The minimum absolute atomic E-state index is 0.0424. The number of aromatic nitrogens is 4. The maximum absolute atomic E-state index is 11.8. The van der Waals surface area contributed by atoms with Gasteiger partial charge in [0, 0.05) is 12.6 Å². The largest absolute Gasteiger partial charge is 0.468 e. The van der Waals surface area contributed by atoms with Gasteiger partial charge in [-0.3, -0.25) is 24.7 Å². The highest BCUT2D eigenvalue weighted by atomic mass is 31.1. The predicted molar refractivity (Wildman–Crippen MR) is 103 cm³/mol. The molecular weight excluding hydrogens is 373 g/mol. The van der Waals surface area contributed by atoms with Crippen LogP contribution in [-0.4, -0.2) is 57.6 Å². The first-order chi connectivity index (χ1) is 12.8. The summed E-state index contributed by atoms with van der Waals surface area (Å²) in [5.41, 5.74) is 5.87. The van der Waals surface area contributed by atoms with Crippen LogP contribution in [0.4, 0.5) is 5.95 Å². The Bertz CT molecular complexity index is 822. The van der Waals surface area contributed by atoms with Crippen LogP contribution >= 0.6 is 8.22 Å². The normalized spacial score (nSPS) is 13.8. The summed E-state index contributed by atoms with van der Waals surface area (Å²) in [6.07, 6.45) is 1.93. The third-order valence-corrected chi connectivity index (χ3v) is 5.48. The lowest BCUT2D eigenvalue weighted by Crippen LogP contribution is -2.37. The van der Waals surface area contributed by atoms with E-state index in [2.05, 4.69) is 25.1 Å². The lowest BCUT2D eigenvalue weighted by Gasteiger charge is -2.24. The van der Waals surface area contributed by atoms with E-state index in [1.807, 2.05) is 13.8 Å². The Balaban J connectivity index is 1.91. The van der Waals surface area contributed by atoms with Crippen molar-refractivity contribution >= 4 is 31.3 Å². The summed E-state index contributed by atoms with van der Waals surface area (Å²) in [6.45, 7) is 6.63. The number of aromatic amines is 1. The van der Waals surface area contributed by atoms with Gasteiger partial charge >= 0.3 is 5.97 Å². The van der Waals surface area contributed by atoms with Crippen LogP contribution in [0.2, 0.25) is 0 Å². The zero-order valence-electron chi connectivity index (χ0n) is 15.9. The average Bonchev–Trinajstić information content (AvgIpc) is 3.00. The van der Waals surface area contributed by atoms with Crippen molar-refractivity contribution in [2.75, 3.05) is 25.8 Å². The third-order valence-electron chi connectivity index (χ3n) is 3.51. The highest BCUT2D eigenvalue weighted by molar-refractivity contribution is 7.53. The summed E-state index contributed by atoms with van der Waals surface area (Å²) in [6, 6.07) is -0.207. The van der Waals surface area contributed by atoms with Crippen LogP contribution in [0.5, 0.6) is 0 Å². The molecule has 0 aliphatic carbocycles. The number of carbonyl (C=O) groups excluding carboxylic acids is 1. The van der Waals surface area contributed by atoms with Crippen LogP contribution in [0.3, 0.4) is 0 Å². The summed E-state index contributed by atoms with van der Waals surface area (Å²) in [4.78, 5) is 34.0. The van der Waals surface area contributed by atoms with E-state index in [9.17, 15) is 9.59 Å². The molecule has 2 heterocycles. The number of fused-ring (bicyclic) bond motifs is 1. The highest BCUT2D eigenvalue weighted by Gasteiger charge is 2.19. The summed E-state index contributed by atoms with van der Waals surface area (Å²) in [5, 5.41) is 6.55. The van der Waals surface area contributed by atoms with Crippen LogP contribution in [0, 0.1) is 0 Å². The van der Waals surface area contributed by atoms with Gasteiger partial charge in [-0.05, 0) is 20.8 Å². The lowest BCUT2D eigenvalue weighted by molar-refractivity contribution is -0.142. The molecule has 2 atom stereocenters. The summed E-state index contributed by atoms with van der Waals surface area (Å²) in [5.74, 6) is -0.285. The number of nitrogen functional groups attached to an aromatic ring is 1. The Kier molecular flexibility index (Phi) is 7.66. The zero-order chi connectivity index (χ0) is 20.0. The number of hydrogen-bond donors (Lipinski definition) is 4. The van der Waals surface area contributed by atoms with Crippen LogP contribution in [-0.2, 0) is 20.8 Å². The Morgan fingerprint density at radius 1 is 1.41 bits per heavy atom. The van der Waals surface area contributed by atoms with Gasteiger partial charge in [-0.15, -0.1) is 0 Å². The van der Waals surface area contributed by atoms with Crippen molar-refractivity contribution in [3.8, 4) is 0 Å². The van der Waals surface area contributed by atoms with E-state index in [1.54, 1.807) is 11.5 Å². The molecule has 0 saturated heterocycles. The molecule has 150 valence electrons. The zero-order valence-corrected chi connectivity index (χ0v) is 16.7. The SMILES string of the molecule is COC(=O)[C@H](C)NP(COCCn1cnc2c(=O)[nH]c(N)nc21)NC(C)C. The molecule has 0 bridgehead atoms. The molecule has 2 aromatic heterocycles. The van der Waals surface area contributed by atoms with E-state index in [1.165, 1.54) is 13.4 Å². The van der Waals surface area contributed by atoms with Gasteiger partial charge in [-0.1, -0.05) is 0 Å². The number of nitrogens with two attached hydrogens (primary N) is 1. The molecular formula is C15H26N7O4P.